The van der Waals surface area contributed by atoms with E-state index < -0.39 is 22.8 Å². The zero-order valence-corrected chi connectivity index (χ0v) is 20.3. The molecule has 1 amide bonds. The first kappa shape index (κ1) is 25.5. The van der Waals surface area contributed by atoms with Crippen LogP contribution in [0.1, 0.15) is 59.7 Å². The van der Waals surface area contributed by atoms with Crippen LogP contribution in [0.4, 0.5) is 29.6 Å². The smallest absolute Gasteiger partial charge is 0.412 e. The van der Waals surface area contributed by atoms with E-state index in [-0.39, 0.29) is 24.5 Å². The highest BCUT2D eigenvalue weighted by Crippen LogP contribution is 2.34. The molecule has 0 aliphatic carbocycles. The second-order valence-corrected chi connectivity index (χ2v) is 9.88. The van der Waals surface area contributed by atoms with Gasteiger partial charge in [-0.1, -0.05) is 26.8 Å². The summed E-state index contributed by atoms with van der Waals surface area (Å²) >= 11 is 0. The lowest BCUT2D eigenvalue weighted by Gasteiger charge is -2.39. The van der Waals surface area contributed by atoms with E-state index in [9.17, 15) is 18.0 Å². The molecule has 34 heavy (non-hydrogen) atoms. The molecule has 0 atom stereocenters. The molecule has 0 aromatic carbocycles. The van der Waals surface area contributed by atoms with Crippen molar-refractivity contribution >= 4 is 17.7 Å². The second-order valence-electron chi connectivity index (χ2n) is 9.88. The molecule has 8 nitrogen and oxygen atoms in total. The van der Waals surface area contributed by atoms with Gasteiger partial charge in [-0.3, -0.25) is 4.68 Å². The predicted octanol–water partition coefficient (Wildman–Crippen LogP) is 5.38. The van der Waals surface area contributed by atoms with Gasteiger partial charge in [-0.15, -0.1) is 0 Å². The molecular formula is C23H31F3N6O2. The summed E-state index contributed by atoms with van der Waals surface area (Å²) in [6.45, 7) is 11.3. The minimum absolute atomic E-state index is 0.0224. The molecule has 0 radical (unpaired) electrons. The number of nitrogens with zero attached hydrogens (tertiary/aromatic N) is 5. The summed E-state index contributed by atoms with van der Waals surface area (Å²) in [6.07, 6.45) is 1.25. The van der Waals surface area contributed by atoms with Crippen LogP contribution in [0.5, 0.6) is 0 Å². The molecule has 1 saturated heterocycles. The molecular weight excluding hydrogens is 449 g/mol. The van der Waals surface area contributed by atoms with E-state index in [1.807, 2.05) is 20.8 Å². The number of allylic oxidation sites excluding steroid dienone is 2. The maximum absolute atomic E-state index is 13.2. The second kappa shape index (κ2) is 9.27. The van der Waals surface area contributed by atoms with Gasteiger partial charge in [0, 0.05) is 36.5 Å². The first-order valence-corrected chi connectivity index (χ1v) is 11.1. The fourth-order valence-corrected chi connectivity index (χ4v) is 3.50. The van der Waals surface area contributed by atoms with Gasteiger partial charge in [0.1, 0.15) is 5.60 Å². The standard InChI is InChI=1S/C23H31F3N6O2/c1-7-15(23(24,25)26)10-22(5,6)18-8-9-27-19(30-18)29-16-11-28-32(12-16)17-13-31(14-17)20(33)34-21(2,3)4/h8-12,17H,7,13-14H2,1-6H3,(H,27,29,30)/b15-10+. The Bertz CT molecular complexity index is 1050. The van der Waals surface area contributed by atoms with E-state index >= 15 is 0 Å². The lowest BCUT2D eigenvalue weighted by atomic mass is 9.86. The van der Waals surface area contributed by atoms with E-state index in [4.69, 9.17) is 4.74 Å². The lowest BCUT2D eigenvalue weighted by molar-refractivity contribution is -0.0941. The summed E-state index contributed by atoms with van der Waals surface area (Å²) in [4.78, 5) is 22.3. The van der Waals surface area contributed by atoms with E-state index in [0.717, 1.165) is 0 Å². The average molecular weight is 481 g/mol. The van der Waals surface area contributed by atoms with Crippen molar-refractivity contribution in [2.24, 2.45) is 0 Å². The van der Waals surface area contributed by atoms with Crippen molar-refractivity contribution in [1.29, 1.82) is 0 Å². The van der Waals surface area contributed by atoms with Crippen LogP contribution in [-0.2, 0) is 10.2 Å². The Morgan fingerprint density at radius 2 is 1.91 bits per heavy atom. The third-order valence-corrected chi connectivity index (χ3v) is 5.34. The van der Waals surface area contributed by atoms with Crippen molar-refractivity contribution in [2.45, 2.75) is 71.2 Å². The highest BCUT2D eigenvalue weighted by atomic mass is 19.4. The van der Waals surface area contributed by atoms with Gasteiger partial charge in [-0.2, -0.15) is 18.3 Å². The van der Waals surface area contributed by atoms with Crippen molar-refractivity contribution in [1.82, 2.24) is 24.6 Å². The summed E-state index contributed by atoms with van der Waals surface area (Å²) in [5.41, 5.74) is -0.992. The quantitative estimate of drug-likeness (QED) is 0.559. The number of hydrogen-bond acceptors (Lipinski definition) is 6. The summed E-state index contributed by atoms with van der Waals surface area (Å²) in [7, 11) is 0. The molecule has 0 unspecified atom stereocenters. The monoisotopic (exact) mass is 480 g/mol. The largest absolute Gasteiger partial charge is 0.444 e. The summed E-state index contributed by atoms with van der Waals surface area (Å²) < 4.78 is 46.8. The summed E-state index contributed by atoms with van der Waals surface area (Å²) in [6, 6.07) is 1.63. The van der Waals surface area contributed by atoms with Crippen molar-refractivity contribution in [3.8, 4) is 0 Å². The van der Waals surface area contributed by atoms with Crippen LogP contribution in [-0.4, -0.2) is 55.6 Å². The normalized spacial score (nSPS) is 15.8. The molecule has 2 aromatic heterocycles. The molecule has 186 valence electrons. The third-order valence-electron chi connectivity index (χ3n) is 5.34. The first-order valence-electron chi connectivity index (χ1n) is 11.1. The number of anilines is 2. The number of halogens is 3. The maximum atomic E-state index is 13.2. The Hall–Kier alpha value is -3.11. The van der Waals surface area contributed by atoms with Gasteiger partial charge in [0.25, 0.3) is 0 Å². The summed E-state index contributed by atoms with van der Waals surface area (Å²) in [5.74, 6) is 0.257. The first-order chi connectivity index (χ1) is 15.7. The number of likely N-dealkylation sites (tertiary alicyclic amines) is 1. The van der Waals surface area contributed by atoms with Crippen LogP contribution in [0.3, 0.4) is 0 Å². The number of aromatic nitrogens is 4. The van der Waals surface area contributed by atoms with E-state index in [1.54, 1.807) is 41.9 Å². The van der Waals surface area contributed by atoms with Crippen molar-refractivity contribution in [3.05, 3.63) is 42.0 Å². The maximum Gasteiger partial charge on any atom is 0.412 e. The van der Waals surface area contributed by atoms with Crippen LogP contribution in [0.2, 0.25) is 0 Å². The Labute approximate surface area is 197 Å². The molecule has 3 rings (SSSR count). The zero-order valence-electron chi connectivity index (χ0n) is 20.3. The number of carbonyl (C=O) groups excluding carboxylic acids is 1. The molecule has 0 saturated carbocycles. The van der Waals surface area contributed by atoms with Crippen LogP contribution in [0.25, 0.3) is 0 Å². The molecule has 2 aromatic rings. The van der Waals surface area contributed by atoms with Gasteiger partial charge in [0.05, 0.1) is 23.6 Å². The fraction of sp³-hybridized carbons (Fsp3) is 0.565. The number of carbonyl (C=O) groups is 1. The zero-order chi connectivity index (χ0) is 25.3. The minimum atomic E-state index is -4.38. The molecule has 1 aliphatic rings. The number of nitrogens with one attached hydrogen (secondary N) is 1. The molecule has 0 spiro atoms. The van der Waals surface area contributed by atoms with Gasteiger partial charge < -0.3 is 15.0 Å². The number of amides is 1. The highest BCUT2D eigenvalue weighted by molar-refractivity contribution is 5.69. The number of ether oxygens (including phenoxy) is 1. The molecule has 3 heterocycles. The molecule has 1 fully saturated rings. The van der Waals surface area contributed by atoms with Crippen LogP contribution >= 0.6 is 0 Å². The molecule has 0 bridgehead atoms. The van der Waals surface area contributed by atoms with Gasteiger partial charge in [-0.05, 0) is 33.3 Å². The van der Waals surface area contributed by atoms with E-state index in [1.165, 1.54) is 19.2 Å². The Balaban J connectivity index is 1.66. The Morgan fingerprint density at radius 1 is 1.24 bits per heavy atom. The van der Waals surface area contributed by atoms with E-state index in [2.05, 4.69) is 20.4 Å². The van der Waals surface area contributed by atoms with Crippen LogP contribution < -0.4 is 5.32 Å². The lowest BCUT2D eigenvalue weighted by Crippen LogP contribution is -2.52. The summed E-state index contributed by atoms with van der Waals surface area (Å²) in [5, 5.41) is 7.39. The molecule has 1 aliphatic heterocycles. The molecule has 11 heteroatoms. The number of alkyl halides is 3. The Morgan fingerprint density at radius 3 is 2.50 bits per heavy atom. The highest BCUT2D eigenvalue weighted by Gasteiger charge is 2.36. The average Bonchev–Trinajstić information content (AvgIpc) is 3.10. The minimum Gasteiger partial charge on any atom is -0.444 e. The fourth-order valence-electron chi connectivity index (χ4n) is 3.50. The van der Waals surface area contributed by atoms with Gasteiger partial charge in [0.2, 0.25) is 5.95 Å². The van der Waals surface area contributed by atoms with Gasteiger partial charge in [-0.25, -0.2) is 14.8 Å². The van der Waals surface area contributed by atoms with Gasteiger partial charge in [0.15, 0.2) is 0 Å². The molecule has 1 N–H and O–H groups in total. The number of rotatable bonds is 6. The third kappa shape index (κ3) is 6.27. The SMILES string of the molecule is CC/C(=C\C(C)(C)c1ccnc(Nc2cnn(C3CN(C(=O)OC(C)(C)C)C3)c2)n1)C(F)(F)F. The van der Waals surface area contributed by atoms with Crippen molar-refractivity contribution < 1.29 is 22.7 Å². The van der Waals surface area contributed by atoms with Gasteiger partial charge >= 0.3 is 12.3 Å². The van der Waals surface area contributed by atoms with Crippen molar-refractivity contribution in [3.63, 3.8) is 0 Å². The predicted molar refractivity (Wildman–Crippen MR) is 122 cm³/mol. The topological polar surface area (TPSA) is 85.2 Å². The van der Waals surface area contributed by atoms with Crippen LogP contribution in [0.15, 0.2) is 36.3 Å². The van der Waals surface area contributed by atoms with Crippen molar-refractivity contribution in [2.75, 3.05) is 18.4 Å². The van der Waals surface area contributed by atoms with E-state index in [0.29, 0.717) is 24.5 Å². The number of hydrogen-bond donors (Lipinski definition) is 1. The Kier molecular flexibility index (Phi) is 6.95. The van der Waals surface area contributed by atoms with Crippen LogP contribution in [0, 0.1) is 0 Å².